The monoisotopic (exact) mass is 343 g/mol. The second-order valence-electron chi connectivity index (χ2n) is 7.09. The van der Waals surface area contributed by atoms with Gasteiger partial charge in [-0.05, 0) is 48.9 Å². The Morgan fingerprint density at radius 3 is 2.68 bits per heavy atom. The van der Waals surface area contributed by atoms with Crippen molar-refractivity contribution in [3.05, 3.63) is 35.8 Å². The van der Waals surface area contributed by atoms with E-state index in [4.69, 9.17) is 0 Å². The predicted molar refractivity (Wildman–Crippen MR) is 92.6 cm³/mol. The van der Waals surface area contributed by atoms with Crippen LogP contribution in [0.1, 0.15) is 37.2 Å². The normalized spacial score (nSPS) is 22.2. The van der Waals surface area contributed by atoms with Crippen molar-refractivity contribution in [1.29, 1.82) is 0 Å². The fourth-order valence-corrected chi connectivity index (χ4v) is 4.17. The summed E-state index contributed by atoms with van der Waals surface area (Å²) in [6.07, 6.45) is 4.84. The van der Waals surface area contributed by atoms with Gasteiger partial charge in [0.25, 0.3) is 0 Å². The number of halogens is 1. The SMILES string of the molecule is CN1C(=O)CCC1C(=O)N1CCC(c2c[nH]c3cc(F)ccc23)CC1. The Bertz CT molecular complexity index is 823. The summed E-state index contributed by atoms with van der Waals surface area (Å²) in [5, 5.41) is 1.06. The fraction of sp³-hybridized carbons (Fsp3) is 0.474. The maximum atomic E-state index is 13.3. The van der Waals surface area contributed by atoms with Gasteiger partial charge in [-0.3, -0.25) is 9.59 Å². The number of hydrogen-bond acceptors (Lipinski definition) is 2. The van der Waals surface area contributed by atoms with Crippen molar-refractivity contribution in [2.75, 3.05) is 20.1 Å². The Labute approximate surface area is 145 Å². The number of aromatic nitrogens is 1. The zero-order valence-electron chi connectivity index (χ0n) is 14.3. The van der Waals surface area contributed by atoms with Crippen molar-refractivity contribution in [1.82, 2.24) is 14.8 Å². The summed E-state index contributed by atoms with van der Waals surface area (Å²) < 4.78 is 13.3. The third kappa shape index (κ3) is 2.79. The smallest absolute Gasteiger partial charge is 0.245 e. The number of carbonyl (C=O) groups is 2. The number of likely N-dealkylation sites (N-methyl/N-ethyl adjacent to an activating group) is 1. The van der Waals surface area contributed by atoms with E-state index < -0.39 is 0 Å². The van der Waals surface area contributed by atoms with Crippen molar-refractivity contribution < 1.29 is 14.0 Å². The maximum absolute atomic E-state index is 13.3. The summed E-state index contributed by atoms with van der Waals surface area (Å²) in [6, 6.07) is 4.54. The minimum atomic E-state index is -0.292. The Kier molecular flexibility index (Phi) is 3.98. The molecule has 2 aliphatic rings. The van der Waals surface area contributed by atoms with Gasteiger partial charge in [-0.15, -0.1) is 0 Å². The summed E-state index contributed by atoms with van der Waals surface area (Å²) in [5.41, 5.74) is 2.02. The Balaban J connectivity index is 1.44. The first kappa shape index (κ1) is 16.1. The van der Waals surface area contributed by atoms with E-state index in [9.17, 15) is 14.0 Å². The van der Waals surface area contributed by atoms with E-state index in [1.807, 2.05) is 17.2 Å². The van der Waals surface area contributed by atoms with Crippen LogP contribution in [0.4, 0.5) is 4.39 Å². The van der Waals surface area contributed by atoms with E-state index >= 15 is 0 Å². The van der Waals surface area contributed by atoms with Gasteiger partial charge < -0.3 is 14.8 Å². The molecule has 0 spiro atoms. The third-order valence-electron chi connectivity index (χ3n) is 5.70. The van der Waals surface area contributed by atoms with Crippen molar-refractivity contribution in [2.45, 2.75) is 37.6 Å². The molecule has 6 heteroatoms. The number of rotatable bonds is 2. The van der Waals surface area contributed by atoms with Crippen LogP contribution in [0.3, 0.4) is 0 Å². The van der Waals surface area contributed by atoms with Crippen LogP contribution in [0.2, 0.25) is 0 Å². The number of benzene rings is 1. The first-order chi connectivity index (χ1) is 12.0. The molecule has 1 aromatic carbocycles. The van der Waals surface area contributed by atoms with Gasteiger partial charge in [-0.25, -0.2) is 4.39 Å². The molecule has 2 amide bonds. The summed E-state index contributed by atoms with van der Waals surface area (Å²) in [7, 11) is 1.72. The highest BCUT2D eigenvalue weighted by Crippen LogP contribution is 2.34. The largest absolute Gasteiger partial charge is 0.361 e. The number of piperidine rings is 1. The first-order valence-electron chi connectivity index (χ1n) is 8.85. The van der Waals surface area contributed by atoms with Gasteiger partial charge in [0.1, 0.15) is 11.9 Å². The second kappa shape index (κ2) is 6.17. The van der Waals surface area contributed by atoms with Crippen LogP contribution in [-0.2, 0) is 9.59 Å². The van der Waals surface area contributed by atoms with Crippen molar-refractivity contribution in [2.24, 2.45) is 0 Å². The first-order valence-corrected chi connectivity index (χ1v) is 8.85. The summed E-state index contributed by atoms with van der Waals surface area (Å²) in [5.74, 6) is 0.259. The molecular weight excluding hydrogens is 321 g/mol. The molecule has 1 unspecified atom stereocenters. The molecule has 0 bridgehead atoms. The van der Waals surface area contributed by atoms with Crippen LogP contribution in [0.25, 0.3) is 10.9 Å². The van der Waals surface area contributed by atoms with Gasteiger partial charge in [0.05, 0.1) is 0 Å². The molecular formula is C19H22FN3O2. The van der Waals surface area contributed by atoms with Crippen molar-refractivity contribution >= 4 is 22.7 Å². The maximum Gasteiger partial charge on any atom is 0.245 e. The van der Waals surface area contributed by atoms with Crippen LogP contribution in [0.15, 0.2) is 24.4 Å². The molecule has 1 N–H and O–H groups in total. The fourth-order valence-electron chi connectivity index (χ4n) is 4.17. The van der Waals surface area contributed by atoms with E-state index in [0.29, 0.717) is 31.8 Å². The number of aromatic amines is 1. The summed E-state index contributed by atoms with van der Waals surface area (Å²) in [4.78, 5) is 31.0. The summed E-state index contributed by atoms with van der Waals surface area (Å²) >= 11 is 0. The van der Waals surface area contributed by atoms with E-state index in [2.05, 4.69) is 4.98 Å². The average Bonchev–Trinajstić information content (AvgIpc) is 3.18. The van der Waals surface area contributed by atoms with Gasteiger partial charge in [0, 0.05) is 43.7 Å². The molecule has 2 saturated heterocycles. The molecule has 2 aliphatic heterocycles. The minimum Gasteiger partial charge on any atom is -0.361 e. The lowest BCUT2D eigenvalue weighted by atomic mass is 9.89. The molecule has 25 heavy (non-hydrogen) atoms. The van der Waals surface area contributed by atoms with Crippen LogP contribution in [0, 0.1) is 5.82 Å². The lowest BCUT2D eigenvalue weighted by Crippen LogP contribution is -2.47. The molecule has 4 rings (SSSR count). The highest BCUT2D eigenvalue weighted by molar-refractivity contribution is 5.91. The zero-order valence-corrected chi connectivity index (χ0v) is 14.3. The molecule has 0 aliphatic carbocycles. The van der Waals surface area contributed by atoms with E-state index in [1.165, 1.54) is 17.7 Å². The third-order valence-corrected chi connectivity index (χ3v) is 5.70. The Hall–Kier alpha value is -2.37. The standard InChI is InChI=1S/C19H22FN3O2/c1-22-17(4-5-18(22)24)19(25)23-8-6-12(7-9-23)15-11-21-16-10-13(20)2-3-14(15)16/h2-3,10-12,17,21H,4-9H2,1H3. The zero-order chi connectivity index (χ0) is 17.6. The quantitative estimate of drug-likeness (QED) is 0.911. The number of H-pyrrole nitrogens is 1. The predicted octanol–water partition coefficient (Wildman–Crippen LogP) is 2.63. The lowest BCUT2D eigenvalue weighted by Gasteiger charge is -2.34. The number of hydrogen-bond donors (Lipinski definition) is 1. The average molecular weight is 343 g/mol. The highest BCUT2D eigenvalue weighted by atomic mass is 19.1. The van der Waals surface area contributed by atoms with Crippen molar-refractivity contribution in [3.8, 4) is 0 Å². The van der Waals surface area contributed by atoms with E-state index in [1.54, 1.807) is 11.9 Å². The number of likely N-dealkylation sites (tertiary alicyclic amines) is 2. The molecule has 1 aromatic heterocycles. The van der Waals surface area contributed by atoms with Gasteiger partial charge >= 0.3 is 0 Å². The lowest BCUT2D eigenvalue weighted by molar-refractivity contribution is -0.141. The molecule has 0 radical (unpaired) electrons. The molecule has 2 aromatic rings. The van der Waals surface area contributed by atoms with Gasteiger partial charge in [0.15, 0.2) is 0 Å². The van der Waals surface area contributed by atoms with Crippen LogP contribution >= 0.6 is 0 Å². The van der Waals surface area contributed by atoms with Crippen LogP contribution < -0.4 is 0 Å². The van der Waals surface area contributed by atoms with Crippen LogP contribution in [0.5, 0.6) is 0 Å². The van der Waals surface area contributed by atoms with Gasteiger partial charge in [0.2, 0.25) is 11.8 Å². The Morgan fingerprint density at radius 2 is 2.00 bits per heavy atom. The molecule has 5 nitrogen and oxygen atoms in total. The molecule has 2 fully saturated rings. The number of nitrogens with zero attached hydrogens (tertiary/aromatic N) is 2. The molecule has 3 heterocycles. The minimum absolute atomic E-state index is 0.0549. The molecule has 1 atom stereocenters. The number of amides is 2. The molecule has 0 saturated carbocycles. The van der Waals surface area contributed by atoms with Gasteiger partial charge in [-0.1, -0.05) is 0 Å². The van der Waals surface area contributed by atoms with E-state index in [-0.39, 0.29) is 23.7 Å². The number of fused-ring (bicyclic) bond motifs is 1. The summed E-state index contributed by atoms with van der Waals surface area (Å²) in [6.45, 7) is 1.41. The van der Waals surface area contributed by atoms with E-state index in [0.717, 1.165) is 23.7 Å². The second-order valence-corrected chi connectivity index (χ2v) is 7.09. The highest BCUT2D eigenvalue weighted by Gasteiger charge is 2.37. The van der Waals surface area contributed by atoms with Gasteiger partial charge in [-0.2, -0.15) is 0 Å². The number of carbonyl (C=O) groups excluding carboxylic acids is 2. The Morgan fingerprint density at radius 1 is 1.24 bits per heavy atom. The van der Waals surface area contributed by atoms with Crippen molar-refractivity contribution in [3.63, 3.8) is 0 Å². The molecule has 132 valence electrons. The van der Waals surface area contributed by atoms with Crippen LogP contribution in [-0.4, -0.2) is 52.8 Å². The topological polar surface area (TPSA) is 56.4 Å². The number of nitrogens with one attached hydrogen (secondary N) is 1.